The minimum Gasteiger partial charge on any atom is -0.465 e. The molecule has 0 radical (unpaired) electrons. The minimum atomic E-state index is -0.329. The second kappa shape index (κ2) is 9.76. The zero-order chi connectivity index (χ0) is 20.8. The van der Waals surface area contributed by atoms with Gasteiger partial charge in [-0.3, -0.25) is 9.69 Å². The molecule has 1 aliphatic rings. The van der Waals surface area contributed by atoms with Crippen LogP contribution in [-0.4, -0.2) is 56.1 Å². The molecule has 1 heterocycles. The molecule has 0 saturated carbocycles. The summed E-state index contributed by atoms with van der Waals surface area (Å²) in [6, 6.07) is 15.0. The van der Waals surface area contributed by atoms with Crippen molar-refractivity contribution in [1.29, 1.82) is 0 Å². The van der Waals surface area contributed by atoms with E-state index in [4.69, 9.17) is 16.3 Å². The van der Waals surface area contributed by atoms with Crippen LogP contribution in [0.1, 0.15) is 23.7 Å². The lowest BCUT2D eigenvalue weighted by atomic mass is 10.1. The lowest BCUT2D eigenvalue weighted by molar-refractivity contribution is -0.116. The van der Waals surface area contributed by atoms with E-state index in [-0.39, 0.29) is 11.9 Å². The first kappa shape index (κ1) is 21.1. The summed E-state index contributed by atoms with van der Waals surface area (Å²) in [5.41, 5.74) is 2.28. The zero-order valence-corrected chi connectivity index (χ0v) is 17.5. The molecule has 0 spiro atoms. The van der Waals surface area contributed by atoms with Crippen molar-refractivity contribution in [2.75, 3.05) is 43.5 Å². The van der Waals surface area contributed by atoms with E-state index < -0.39 is 0 Å². The van der Waals surface area contributed by atoms with Crippen molar-refractivity contribution in [3.05, 3.63) is 59.1 Å². The molecule has 1 atom stereocenters. The number of amides is 1. The fourth-order valence-electron chi connectivity index (χ4n) is 3.51. The number of piperazine rings is 1. The van der Waals surface area contributed by atoms with E-state index in [9.17, 15) is 9.59 Å². The Bertz CT molecular complexity index is 857. The summed E-state index contributed by atoms with van der Waals surface area (Å²) in [6.07, 6.45) is 0.420. The van der Waals surface area contributed by atoms with Crippen LogP contribution in [0.15, 0.2) is 48.5 Å². The van der Waals surface area contributed by atoms with E-state index in [0.29, 0.717) is 35.3 Å². The Morgan fingerprint density at radius 1 is 1.14 bits per heavy atom. The molecule has 6 nitrogen and oxygen atoms in total. The predicted octanol–water partition coefficient (Wildman–Crippen LogP) is 3.67. The van der Waals surface area contributed by atoms with E-state index >= 15 is 0 Å². The molecular weight excluding hydrogens is 390 g/mol. The summed E-state index contributed by atoms with van der Waals surface area (Å²) in [7, 11) is 1.38. The summed E-state index contributed by atoms with van der Waals surface area (Å²) in [4.78, 5) is 28.5. The van der Waals surface area contributed by atoms with Gasteiger partial charge in [-0.05, 0) is 43.3 Å². The first-order chi connectivity index (χ1) is 14.0. The van der Waals surface area contributed by atoms with E-state index in [2.05, 4.69) is 22.0 Å². The van der Waals surface area contributed by atoms with Crippen LogP contribution in [0.3, 0.4) is 0 Å². The van der Waals surface area contributed by atoms with Crippen molar-refractivity contribution in [3.8, 4) is 0 Å². The Kier molecular flexibility index (Phi) is 7.12. The number of carbonyl (C=O) groups is 2. The summed E-state index contributed by atoms with van der Waals surface area (Å²) in [5, 5.41) is 3.42. The quantitative estimate of drug-likeness (QED) is 0.729. The standard InChI is InChI=1S/C22H26ClN3O3/c1-16-15-26(18-9-7-17(8-10-18)22(28)29-2)14-13-25(16)12-11-21(27)24-20-6-4-3-5-19(20)23/h3-10,16H,11-15H2,1-2H3,(H,24,27). The van der Waals surface area contributed by atoms with Gasteiger partial charge in [0.25, 0.3) is 0 Å². The van der Waals surface area contributed by atoms with Crippen LogP contribution in [0.5, 0.6) is 0 Å². The highest BCUT2D eigenvalue weighted by molar-refractivity contribution is 6.33. The Morgan fingerprint density at radius 3 is 2.52 bits per heavy atom. The Labute approximate surface area is 176 Å². The maximum Gasteiger partial charge on any atom is 0.337 e. The zero-order valence-electron chi connectivity index (χ0n) is 16.7. The fourth-order valence-corrected chi connectivity index (χ4v) is 3.69. The summed E-state index contributed by atoms with van der Waals surface area (Å²) >= 11 is 6.09. The summed E-state index contributed by atoms with van der Waals surface area (Å²) in [5.74, 6) is -0.365. The van der Waals surface area contributed by atoms with Gasteiger partial charge in [0.1, 0.15) is 0 Å². The molecule has 1 amide bonds. The highest BCUT2D eigenvalue weighted by atomic mass is 35.5. The number of halogens is 1. The first-order valence-electron chi connectivity index (χ1n) is 9.69. The van der Waals surface area contributed by atoms with Crippen molar-refractivity contribution in [2.24, 2.45) is 0 Å². The molecule has 2 aromatic carbocycles. The van der Waals surface area contributed by atoms with Crippen molar-refractivity contribution in [3.63, 3.8) is 0 Å². The Hall–Kier alpha value is -2.57. The second-order valence-corrected chi connectivity index (χ2v) is 7.55. The van der Waals surface area contributed by atoms with Crippen LogP contribution in [0.4, 0.5) is 11.4 Å². The van der Waals surface area contributed by atoms with Gasteiger partial charge in [0.15, 0.2) is 0 Å². The number of methoxy groups -OCH3 is 1. The normalized spacial score (nSPS) is 17.1. The minimum absolute atomic E-state index is 0.0360. The Balaban J connectivity index is 1.49. The molecule has 1 saturated heterocycles. The number of hydrogen-bond donors (Lipinski definition) is 1. The molecule has 154 valence electrons. The van der Waals surface area contributed by atoms with Gasteiger partial charge in [0.05, 0.1) is 23.4 Å². The number of hydrogen-bond acceptors (Lipinski definition) is 5. The topological polar surface area (TPSA) is 61.9 Å². The molecular formula is C22H26ClN3O3. The van der Waals surface area contributed by atoms with Crippen LogP contribution in [-0.2, 0) is 9.53 Å². The van der Waals surface area contributed by atoms with Crippen LogP contribution in [0.2, 0.25) is 5.02 Å². The van der Waals surface area contributed by atoms with Gasteiger partial charge in [-0.15, -0.1) is 0 Å². The molecule has 2 aromatic rings. The first-order valence-corrected chi connectivity index (χ1v) is 10.1. The highest BCUT2D eigenvalue weighted by Crippen LogP contribution is 2.22. The number of benzene rings is 2. The van der Waals surface area contributed by atoms with E-state index in [1.165, 1.54) is 7.11 Å². The average Bonchev–Trinajstić information content (AvgIpc) is 2.74. The molecule has 1 unspecified atom stereocenters. The maximum absolute atomic E-state index is 12.3. The summed E-state index contributed by atoms with van der Waals surface area (Å²) < 4.78 is 4.74. The van der Waals surface area contributed by atoms with Gasteiger partial charge in [-0.25, -0.2) is 4.79 Å². The van der Waals surface area contributed by atoms with Crippen LogP contribution < -0.4 is 10.2 Å². The lowest BCUT2D eigenvalue weighted by Crippen LogP contribution is -2.52. The molecule has 1 aliphatic heterocycles. The predicted molar refractivity (Wildman–Crippen MR) is 116 cm³/mol. The van der Waals surface area contributed by atoms with Crippen LogP contribution in [0.25, 0.3) is 0 Å². The number of nitrogens with zero attached hydrogens (tertiary/aromatic N) is 2. The third-order valence-corrected chi connectivity index (χ3v) is 5.52. The molecule has 29 heavy (non-hydrogen) atoms. The fraction of sp³-hybridized carbons (Fsp3) is 0.364. The highest BCUT2D eigenvalue weighted by Gasteiger charge is 2.24. The van der Waals surface area contributed by atoms with Gasteiger partial charge in [-0.2, -0.15) is 0 Å². The maximum atomic E-state index is 12.3. The van der Waals surface area contributed by atoms with Gasteiger partial charge in [-0.1, -0.05) is 23.7 Å². The molecule has 3 rings (SSSR count). The van der Waals surface area contributed by atoms with Gasteiger partial charge >= 0.3 is 5.97 Å². The van der Waals surface area contributed by atoms with Crippen molar-refractivity contribution >= 4 is 34.9 Å². The molecule has 0 bridgehead atoms. The van der Waals surface area contributed by atoms with Crippen molar-refractivity contribution in [2.45, 2.75) is 19.4 Å². The van der Waals surface area contributed by atoms with Gasteiger partial charge < -0.3 is 15.0 Å². The number of ether oxygens (including phenoxy) is 1. The average molecular weight is 416 g/mol. The van der Waals surface area contributed by atoms with Crippen LogP contribution in [0, 0.1) is 0 Å². The number of para-hydroxylation sites is 1. The molecule has 1 fully saturated rings. The van der Waals surface area contributed by atoms with E-state index in [0.717, 1.165) is 25.3 Å². The van der Waals surface area contributed by atoms with Gasteiger partial charge in [0.2, 0.25) is 5.91 Å². The molecule has 7 heteroatoms. The number of esters is 1. The van der Waals surface area contributed by atoms with Gasteiger partial charge in [0, 0.05) is 44.3 Å². The molecule has 1 N–H and O–H groups in total. The van der Waals surface area contributed by atoms with Crippen molar-refractivity contribution < 1.29 is 14.3 Å². The number of nitrogens with one attached hydrogen (secondary N) is 1. The third-order valence-electron chi connectivity index (χ3n) is 5.19. The molecule has 0 aromatic heterocycles. The third kappa shape index (κ3) is 5.49. The van der Waals surface area contributed by atoms with Crippen molar-refractivity contribution in [1.82, 2.24) is 4.90 Å². The lowest BCUT2D eigenvalue weighted by Gasteiger charge is -2.41. The SMILES string of the molecule is COC(=O)c1ccc(N2CCN(CCC(=O)Nc3ccccc3Cl)C(C)C2)cc1. The number of rotatable bonds is 6. The number of carbonyl (C=O) groups excluding carboxylic acids is 2. The monoisotopic (exact) mass is 415 g/mol. The molecule has 0 aliphatic carbocycles. The Morgan fingerprint density at radius 2 is 1.86 bits per heavy atom. The second-order valence-electron chi connectivity index (χ2n) is 7.15. The smallest absolute Gasteiger partial charge is 0.337 e. The number of anilines is 2. The van der Waals surface area contributed by atoms with E-state index in [1.807, 2.05) is 24.3 Å². The summed E-state index contributed by atoms with van der Waals surface area (Å²) in [6.45, 7) is 5.48. The van der Waals surface area contributed by atoms with Crippen LogP contribution >= 0.6 is 11.6 Å². The van der Waals surface area contributed by atoms with E-state index in [1.54, 1.807) is 24.3 Å². The largest absolute Gasteiger partial charge is 0.465 e.